The van der Waals surface area contributed by atoms with Crippen LogP contribution in [0.1, 0.15) is 44.5 Å². The van der Waals surface area contributed by atoms with E-state index in [1.54, 1.807) is 0 Å². The van der Waals surface area contributed by atoms with Gasteiger partial charge in [-0.25, -0.2) is 0 Å². The number of methoxy groups -OCH3 is 1. The Labute approximate surface area is 118 Å². The molecule has 0 bridgehead atoms. The van der Waals surface area contributed by atoms with E-state index < -0.39 is 0 Å². The van der Waals surface area contributed by atoms with E-state index >= 15 is 0 Å². The lowest BCUT2D eigenvalue weighted by Crippen LogP contribution is -2.39. The Morgan fingerprint density at radius 3 is 3.15 bits per heavy atom. The number of hydrogen-bond acceptors (Lipinski definition) is 7. The summed E-state index contributed by atoms with van der Waals surface area (Å²) in [5.41, 5.74) is 5.96. The van der Waals surface area contributed by atoms with Gasteiger partial charge >= 0.3 is 5.97 Å². The smallest absolute Gasteiger partial charge is 0.310 e. The molecule has 2 N–H and O–H groups in total. The highest BCUT2D eigenvalue weighted by molar-refractivity contribution is 5.73. The lowest BCUT2D eigenvalue weighted by molar-refractivity contribution is -0.145. The Bertz CT molecular complexity index is 449. The quantitative estimate of drug-likeness (QED) is 0.812. The third kappa shape index (κ3) is 3.27. The molecule has 1 unspecified atom stereocenters. The van der Waals surface area contributed by atoms with Crippen LogP contribution in [0.25, 0.3) is 0 Å². The van der Waals surface area contributed by atoms with Gasteiger partial charge in [0, 0.05) is 13.1 Å². The van der Waals surface area contributed by atoms with E-state index in [1.807, 2.05) is 4.90 Å². The van der Waals surface area contributed by atoms with E-state index in [1.165, 1.54) is 7.11 Å². The second kappa shape index (κ2) is 6.69. The number of ether oxygens (including phenoxy) is 1. The standard InChI is InChI=1S/C13H22N4O3/c1-3-5-10(14)11-15-13(16-20-11)17-7-4-6-9(8-17)12(18)19-2/h9-10H,3-8,14H2,1-2H3/t9?,10-/m1/s1. The fourth-order valence-corrected chi connectivity index (χ4v) is 2.46. The molecule has 1 fully saturated rings. The molecule has 2 rings (SSSR count). The van der Waals surface area contributed by atoms with Crippen molar-refractivity contribution in [2.24, 2.45) is 11.7 Å². The average molecular weight is 282 g/mol. The van der Waals surface area contributed by atoms with Gasteiger partial charge in [0.2, 0.25) is 5.89 Å². The second-order valence-corrected chi connectivity index (χ2v) is 5.14. The molecule has 1 aliphatic rings. The lowest BCUT2D eigenvalue weighted by Gasteiger charge is -2.29. The first-order valence-corrected chi connectivity index (χ1v) is 7.07. The molecule has 2 atom stereocenters. The largest absolute Gasteiger partial charge is 0.469 e. The van der Waals surface area contributed by atoms with Crippen LogP contribution in [0.2, 0.25) is 0 Å². The van der Waals surface area contributed by atoms with Gasteiger partial charge in [0.1, 0.15) is 0 Å². The number of piperidine rings is 1. The zero-order chi connectivity index (χ0) is 14.5. The number of nitrogens with two attached hydrogens (primary N) is 1. The summed E-state index contributed by atoms with van der Waals surface area (Å²) in [6, 6.07) is -0.220. The van der Waals surface area contributed by atoms with Crippen LogP contribution in [0, 0.1) is 5.92 Å². The molecular weight excluding hydrogens is 260 g/mol. The Balaban J connectivity index is 2.02. The van der Waals surface area contributed by atoms with Gasteiger partial charge in [0.05, 0.1) is 19.1 Å². The van der Waals surface area contributed by atoms with Crippen LogP contribution < -0.4 is 10.6 Å². The van der Waals surface area contributed by atoms with Gasteiger partial charge in [-0.1, -0.05) is 13.3 Å². The molecule has 0 aromatic carbocycles. The third-order valence-corrected chi connectivity index (χ3v) is 3.59. The molecule has 0 radical (unpaired) electrons. The summed E-state index contributed by atoms with van der Waals surface area (Å²) in [6.07, 6.45) is 3.52. The van der Waals surface area contributed by atoms with E-state index in [4.69, 9.17) is 15.0 Å². The molecule has 0 saturated carbocycles. The molecule has 20 heavy (non-hydrogen) atoms. The van der Waals surface area contributed by atoms with Crippen LogP contribution in [0.5, 0.6) is 0 Å². The number of hydrogen-bond donors (Lipinski definition) is 1. The molecule has 7 heteroatoms. The van der Waals surface area contributed by atoms with Gasteiger partial charge in [-0.3, -0.25) is 4.79 Å². The maximum atomic E-state index is 11.6. The summed E-state index contributed by atoms with van der Waals surface area (Å²) >= 11 is 0. The molecule has 1 aliphatic heterocycles. The van der Waals surface area contributed by atoms with Crippen molar-refractivity contribution in [3.8, 4) is 0 Å². The normalized spacial score (nSPS) is 20.8. The lowest BCUT2D eigenvalue weighted by atomic mass is 9.98. The van der Waals surface area contributed by atoms with Crippen molar-refractivity contribution in [3.63, 3.8) is 0 Å². The Morgan fingerprint density at radius 2 is 2.45 bits per heavy atom. The number of nitrogens with zero attached hydrogens (tertiary/aromatic N) is 3. The summed E-state index contributed by atoms with van der Waals surface area (Å²) < 4.78 is 10.0. The van der Waals surface area contributed by atoms with Crippen molar-refractivity contribution in [3.05, 3.63) is 5.89 Å². The highest BCUT2D eigenvalue weighted by Crippen LogP contribution is 2.23. The first-order valence-electron chi connectivity index (χ1n) is 7.07. The van der Waals surface area contributed by atoms with Gasteiger partial charge in [-0.15, -0.1) is 0 Å². The summed E-state index contributed by atoms with van der Waals surface area (Å²) in [5, 5.41) is 3.97. The molecule has 1 aromatic heterocycles. The molecule has 1 saturated heterocycles. The summed E-state index contributed by atoms with van der Waals surface area (Å²) in [4.78, 5) is 17.9. The van der Waals surface area contributed by atoms with E-state index in [0.717, 1.165) is 32.2 Å². The third-order valence-electron chi connectivity index (χ3n) is 3.59. The minimum atomic E-state index is -0.220. The van der Waals surface area contributed by atoms with Crippen LogP contribution in [0.3, 0.4) is 0 Å². The van der Waals surface area contributed by atoms with E-state index in [-0.39, 0.29) is 17.9 Å². The van der Waals surface area contributed by atoms with Crippen LogP contribution >= 0.6 is 0 Å². The van der Waals surface area contributed by atoms with Crippen LogP contribution in [0.15, 0.2) is 4.52 Å². The van der Waals surface area contributed by atoms with Crippen LogP contribution in [-0.4, -0.2) is 36.3 Å². The molecule has 112 valence electrons. The van der Waals surface area contributed by atoms with Crippen molar-refractivity contribution < 1.29 is 14.1 Å². The molecule has 0 amide bonds. The predicted molar refractivity (Wildman–Crippen MR) is 73.1 cm³/mol. The van der Waals surface area contributed by atoms with Gasteiger partial charge in [0.25, 0.3) is 5.95 Å². The van der Waals surface area contributed by atoms with Gasteiger partial charge in [-0.2, -0.15) is 4.98 Å². The monoisotopic (exact) mass is 282 g/mol. The molecule has 2 heterocycles. The van der Waals surface area contributed by atoms with E-state index in [2.05, 4.69) is 17.1 Å². The highest BCUT2D eigenvalue weighted by Gasteiger charge is 2.29. The zero-order valence-corrected chi connectivity index (χ0v) is 12.0. The zero-order valence-electron chi connectivity index (χ0n) is 12.0. The first-order chi connectivity index (χ1) is 9.65. The fraction of sp³-hybridized carbons (Fsp3) is 0.769. The molecule has 1 aromatic rings. The minimum absolute atomic E-state index is 0.125. The maximum Gasteiger partial charge on any atom is 0.310 e. The van der Waals surface area contributed by atoms with Crippen molar-refractivity contribution in [1.29, 1.82) is 0 Å². The SMILES string of the molecule is CCC[C@@H](N)c1nc(N2CCCC(C(=O)OC)C2)no1. The average Bonchev–Trinajstić information content (AvgIpc) is 2.97. The van der Waals surface area contributed by atoms with Crippen LogP contribution in [0.4, 0.5) is 5.95 Å². The Morgan fingerprint density at radius 1 is 1.65 bits per heavy atom. The Hall–Kier alpha value is -1.63. The second-order valence-electron chi connectivity index (χ2n) is 5.14. The fourth-order valence-electron chi connectivity index (χ4n) is 2.46. The molecule has 0 aliphatic carbocycles. The minimum Gasteiger partial charge on any atom is -0.469 e. The summed E-state index contributed by atoms with van der Waals surface area (Å²) in [7, 11) is 1.41. The molecule has 7 nitrogen and oxygen atoms in total. The number of esters is 1. The summed E-state index contributed by atoms with van der Waals surface area (Å²) in [5.74, 6) is 0.670. The van der Waals surface area contributed by atoms with Crippen molar-refractivity contribution >= 4 is 11.9 Å². The number of anilines is 1. The molecule has 0 spiro atoms. The number of rotatable bonds is 5. The first kappa shape index (κ1) is 14.8. The van der Waals surface area contributed by atoms with Gasteiger partial charge in [0.15, 0.2) is 0 Å². The van der Waals surface area contributed by atoms with Crippen molar-refractivity contribution in [2.45, 2.75) is 38.6 Å². The highest BCUT2D eigenvalue weighted by atomic mass is 16.5. The predicted octanol–water partition coefficient (Wildman–Crippen LogP) is 1.26. The topological polar surface area (TPSA) is 94.5 Å². The van der Waals surface area contributed by atoms with Gasteiger partial charge in [-0.05, 0) is 24.4 Å². The number of aromatic nitrogens is 2. The van der Waals surface area contributed by atoms with E-state index in [9.17, 15) is 4.79 Å². The molecular formula is C13H22N4O3. The summed E-state index contributed by atoms with van der Waals surface area (Å²) in [6.45, 7) is 3.44. The van der Waals surface area contributed by atoms with Gasteiger partial charge < -0.3 is 19.9 Å². The van der Waals surface area contributed by atoms with Crippen LogP contribution in [-0.2, 0) is 9.53 Å². The van der Waals surface area contributed by atoms with Crippen molar-refractivity contribution in [2.75, 3.05) is 25.1 Å². The number of carbonyl (C=O) groups is 1. The Kier molecular flexibility index (Phi) is 4.94. The maximum absolute atomic E-state index is 11.6. The van der Waals surface area contributed by atoms with E-state index in [0.29, 0.717) is 18.4 Å². The number of carbonyl (C=O) groups excluding carboxylic acids is 1. The van der Waals surface area contributed by atoms with Crippen molar-refractivity contribution in [1.82, 2.24) is 10.1 Å².